The lowest BCUT2D eigenvalue weighted by atomic mass is 10.1. The van der Waals surface area contributed by atoms with Gasteiger partial charge in [0.1, 0.15) is 18.3 Å². The van der Waals surface area contributed by atoms with Crippen LogP contribution in [0.1, 0.15) is 19.1 Å². The number of rotatable bonds is 7. The van der Waals surface area contributed by atoms with Gasteiger partial charge in [-0.2, -0.15) is 0 Å². The smallest absolute Gasteiger partial charge is 0.330 e. The number of carbonyl (C=O) groups is 2. The predicted molar refractivity (Wildman–Crippen MR) is 85.1 cm³/mol. The third-order valence-corrected chi connectivity index (χ3v) is 3.95. The fourth-order valence-electron chi connectivity index (χ4n) is 2.50. The molecule has 0 spiro atoms. The van der Waals surface area contributed by atoms with Crippen LogP contribution < -0.4 is 22.3 Å². The standard InChI is InChI=1S/C14H20N4O8/c15-6(1-2-9(20)21)12(24)16-5-7-10(22)11(23)13(26-7)18-4-3-8(19)17-14(18)25/h3-4,6-7,10-11,13,22-23H,1-2,5,15H2,(H,16,24)(H,20,21)(H,17,19,25)/t6?,7-,10-,11-,13-/m1/s1. The molecule has 26 heavy (non-hydrogen) atoms. The van der Waals surface area contributed by atoms with Crippen molar-refractivity contribution in [2.45, 2.75) is 43.4 Å². The number of aromatic amines is 1. The number of ether oxygens (including phenoxy) is 1. The number of aliphatic carboxylic acids is 1. The lowest BCUT2D eigenvalue weighted by Gasteiger charge is -2.17. The van der Waals surface area contributed by atoms with Crippen LogP contribution in [-0.2, 0) is 14.3 Å². The zero-order valence-electron chi connectivity index (χ0n) is 13.6. The Morgan fingerprint density at radius 3 is 2.65 bits per heavy atom. The van der Waals surface area contributed by atoms with E-state index in [0.29, 0.717) is 0 Å². The van der Waals surface area contributed by atoms with E-state index in [0.717, 1.165) is 16.8 Å². The number of aliphatic hydroxyl groups excluding tert-OH is 2. The number of carboxylic acids is 1. The number of nitrogens with two attached hydrogens (primary N) is 1. The Morgan fingerprint density at radius 2 is 2.04 bits per heavy atom. The highest BCUT2D eigenvalue weighted by Crippen LogP contribution is 2.27. The summed E-state index contributed by atoms with van der Waals surface area (Å²) in [6, 6.07) is 0.00708. The highest BCUT2D eigenvalue weighted by Gasteiger charge is 2.44. The second kappa shape index (κ2) is 8.23. The first kappa shape index (κ1) is 19.8. The number of aliphatic hydroxyl groups is 2. The maximum Gasteiger partial charge on any atom is 0.330 e. The van der Waals surface area contributed by atoms with Crippen LogP contribution in [0.25, 0.3) is 0 Å². The van der Waals surface area contributed by atoms with Gasteiger partial charge >= 0.3 is 11.7 Å². The maximum atomic E-state index is 11.8. The van der Waals surface area contributed by atoms with E-state index in [1.165, 1.54) is 0 Å². The van der Waals surface area contributed by atoms with Crippen LogP contribution in [0.15, 0.2) is 21.9 Å². The minimum absolute atomic E-state index is 0.0622. The molecule has 12 nitrogen and oxygen atoms in total. The Balaban J connectivity index is 1.97. The Kier molecular flexibility index (Phi) is 6.26. The molecule has 0 bridgehead atoms. The lowest BCUT2D eigenvalue weighted by molar-refractivity contribution is -0.137. The zero-order chi connectivity index (χ0) is 19.4. The summed E-state index contributed by atoms with van der Waals surface area (Å²) in [5.41, 5.74) is 4.11. The molecule has 1 saturated heterocycles. The van der Waals surface area contributed by atoms with E-state index < -0.39 is 53.7 Å². The van der Waals surface area contributed by atoms with Crippen molar-refractivity contribution >= 4 is 11.9 Å². The number of carboxylic acid groups (broad SMARTS) is 1. The average Bonchev–Trinajstić information content (AvgIpc) is 2.85. The first-order chi connectivity index (χ1) is 12.2. The van der Waals surface area contributed by atoms with Gasteiger partial charge in [-0.25, -0.2) is 4.79 Å². The van der Waals surface area contributed by atoms with Gasteiger partial charge in [-0.15, -0.1) is 0 Å². The number of hydrogen-bond acceptors (Lipinski definition) is 8. The number of amides is 1. The van der Waals surface area contributed by atoms with Crippen LogP contribution in [0.3, 0.4) is 0 Å². The van der Waals surface area contributed by atoms with E-state index in [1.807, 2.05) is 4.98 Å². The highest BCUT2D eigenvalue weighted by molar-refractivity contribution is 5.82. The van der Waals surface area contributed by atoms with Crippen molar-refractivity contribution in [3.63, 3.8) is 0 Å². The Bertz CT molecular complexity index is 775. The zero-order valence-corrected chi connectivity index (χ0v) is 13.6. The van der Waals surface area contributed by atoms with E-state index in [2.05, 4.69) is 5.32 Å². The summed E-state index contributed by atoms with van der Waals surface area (Å²) in [7, 11) is 0. The summed E-state index contributed by atoms with van der Waals surface area (Å²) in [6.07, 6.45) is -4.39. The average molecular weight is 372 g/mol. The minimum atomic E-state index is -1.47. The highest BCUT2D eigenvalue weighted by atomic mass is 16.6. The van der Waals surface area contributed by atoms with Gasteiger partial charge in [0.15, 0.2) is 6.23 Å². The van der Waals surface area contributed by atoms with E-state index in [4.69, 9.17) is 15.6 Å². The van der Waals surface area contributed by atoms with Crippen molar-refractivity contribution in [2.75, 3.05) is 6.54 Å². The van der Waals surface area contributed by atoms with E-state index in [9.17, 15) is 29.4 Å². The summed E-state index contributed by atoms with van der Waals surface area (Å²) in [6.45, 7) is -0.216. The summed E-state index contributed by atoms with van der Waals surface area (Å²) < 4.78 is 6.32. The molecule has 0 aromatic carbocycles. The van der Waals surface area contributed by atoms with Gasteiger partial charge in [-0.1, -0.05) is 0 Å². The van der Waals surface area contributed by atoms with Gasteiger partial charge in [0.25, 0.3) is 5.56 Å². The summed E-state index contributed by atoms with van der Waals surface area (Å²) in [5.74, 6) is -1.72. The SMILES string of the molecule is NC(CCC(=O)O)C(=O)NC[C@H]1O[C@@H](n2ccc(=O)[nH]c2=O)[C@H](O)[C@@H]1O. The van der Waals surface area contributed by atoms with Crippen molar-refractivity contribution in [1.82, 2.24) is 14.9 Å². The summed E-state index contributed by atoms with van der Waals surface area (Å²) >= 11 is 0. The largest absolute Gasteiger partial charge is 0.481 e. The van der Waals surface area contributed by atoms with Gasteiger partial charge < -0.3 is 31.1 Å². The molecular formula is C14H20N4O8. The Labute approximate surface area is 146 Å². The van der Waals surface area contributed by atoms with Crippen LogP contribution in [0.5, 0.6) is 0 Å². The van der Waals surface area contributed by atoms with Gasteiger partial charge in [0.2, 0.25) is 5.91 Å². The molecule has 1 aliphatic rings. The number of nitrogens with one attached hydrogen (secondary N) is 2. The van der Waals surface area contributed by atoms with Crippen LogP contribution in [0, 0.1) is 0 Å². The molecule has 144 valence electrons. The van der Waals surface area contributed by atoms with Crippen LogP contribution in [0.4, 0.5) is 0 Å². The number of nitrogens with zero attached hydrogens (tertiary/aromatic N) is 1. The van der Waals surface area contributed by atoms with Gasteiger partial charge in [-0.3, -0.25) is 23.9 Å². The van der Waals surface area contributed by atoms with Crippen molar-refractivity contribution in [1.29, 1.82) is 0 Å². The molecule has 12 heteroatoms. The van der Waals surface area contributed by atoms with Crippen LogP contribution >= 0.6 is 0 Å². The molecule has 1 fully saturated rings. The van der Waals surface area contributed by atoms with E-state index >= 15 is 0 Å². The van der Waals surface area contributed by atoms with Crippen molar-refractivity contribution in [2.24, 2.45) is 5.73 Å². The number of hydrogen-bond donors (Lipinski definition) is 6. The summed E-state index contributed by atoms with van der Waals surface area (Å²) in [4.78, 5) is 47.1. The monoisotopic (exact) mass is 372 g/mol. The number of carbonyl (C=O) groups excluding carboxylic acids is 1. The molecule has 0 saturated carbocycles. The molecule has 7 N–H and O–H groups in total. The molecule has 2 rings (SSSR count). The van der Waals surface area contributed by atoms with Crippen LogP contribution in [-0.4, -0.2) is 67.6 Å². The number of H-pyrrole nitrogens is 1. The molecule has 1 aromatic rings. The van der Waals surface area contributed by atoms with Crippen molar-refractivity contribution < 1.29 is 29.6 Å². The normalized spacial score (nSPS) is 26.4. The second-order valence-electron chi connectivity index (χ2n) is 5.85. The molecule has 5 atom stereocenters. The topological polar surface area (TPSA) is 197 Å². The molecule has 0 radical (unpaired) electrons. The van der Waals surface area contributed by atoms with E-state index in [-0.39, 0.29) is 19.4 Å². The van der Waals surface area contributed by atoms with Gasteiger partial charge in [0.05, 0.1) is 6.04 Å². The Hall–Kier alpha value is -2.54. The van der Waals surface area contributed by atoms with E-state index in [1.54, 1.807) is 0 Å². The Morgan fingerprint density at radius 1 is 1.35 bits per heavy atom. The number of aromatic nitrogens is 2. The molecule has 1 aliphatic heterocycles. The predicted octanol–water partition coefficient (Wildman–Crippen LogP) is -3.54. The van der Waals surface area contributed by atoms with Gasteiger partial charge in [0, 0.05) is 25.2 Å². The lowest BCUT2D eigenvalue weighted by Crippen LogP contribution is -2.46. The van der Waals surface area contributed by atoms with Crippen LogP contribution in [0.2, 0.25) is 0 Å². The molecule has 1 aromatic heterocycles. The van der Waals surface area contributed by atoms with Gasteiger partial charge in [-0.05, 0) is 6.42 Å². The maximum absolute atomic E-state index is 11.8. The molecule has 1 amide bonds. The quantitative estimate of drug-likeness (QED) is 0.281. The summed E-state index contributed by atoms with van der Waals surface area (Å²) in [5, 5.41) is 31.1. The minimum Gasteiger partial charge on any atom is -0.481 e. The molecule has 0 aliphatic carbocycles. The third-order valence-electron chi connectivity index (χ3n) is 3.95. The third kappa shape index (κ3) is 4.54. The molecule has 1 unspecified atom stereocenters. The van der Waals surface area contributed by atoms with Crippen molar-refractivity contribution in [3.8, 4) is 0 Å². The molecular weight excluding hydrogens is 352 g/mol. The molecule has 2 heterocycles. The first-order valence-corrected chi connectivity index (χ1v) is 7.79. The van der Waals surface area contributed by atoms with Crippen molar-refractivity contribution in [3.05, 3.63) is 33.1 Å². The fourth-order valence-corrected chi connectivity index (χ4v) is 2.50. The fraction of sp³-hybridized carbons (Fsp3) is 0.571. The second-order valence-corrected chi connectivity index (χ2v) is 5.85. The first-order valence-electron chi connectivity index (χ1n) is 7.79.